The number of nitriles is 1. The number of allylic oxidation sites excluding steroid dienone is 1. The Morgan fingerprint density at radius 3 is 2.55 bits per heavy atom. The summed E-state index contributed by atoms with van der Waals surface area (Å²) in [4.78, 5) is 4.81. The summed E-state index contributed by atoms with van der Waals surface area (Å²) in [6, 6.07) is 10.8. The highest BCUT2D eigenvalue weighted by molar-refractivity contribution is 8.03. The van der Waals surface area contributed by atoms with E-state index in [2.05, 4.69) is 31.1 Å². The summed E-state index contributed by atoms with van der Waals surface area (Å²) in [5.41, 5.74) is -0.797. The lowest BCUT2D eigenvalue weighted by molar-refractivity contribution is -0.106. The number of benzene rings is 1. The number of hydrogen-bond acceptors (Lipinski definition) is 6. The molecule has 0 fully saturated rings. The van der Waals surface area contributed by atoms with Gasteiger partial charge < -0.3 is 10.1 Å². The predicted molar refractivity (Wildman–Crippen MR) is 106 cm³/mol. The molecule has 0 saturated carbocycles. The second-order valence-electron chi connectivity index (χ2n) is 7.31. The number of rotatable bonds is 4. The van der Waals surface area contributed by atoms with Crippen LogP contribution in [0.1, 0.15) is 26.3 Å². The van der Waals surface area contributed by atoms with Crippen LogP contribution in [0.3, 0.4) is 0 Å². The van der Waals surface area contributed by atoms with Gasteiger partial charge in [0.15, 0.2) is 11.7 Å². The highest BCUT2D eigenvalue weighted by Crippen LogP contribution is 2.41. The van der Waals surface area contributed by atoms with Crippen LogP contribution < -0.4 is 10.1 Å². The van der Waals surface area contributed by atoms with E-state index in [1.165, 1.54) is 6.20 Å². The Balaban J connectivity index is 1.86. The van der Waals surface area contributed by atoms with Crippen molar-refractivity contribution in [1.29, 1.82) is 5.26 Å². The molecule has 3 rings (SSSR count). The van der Waals surface area contributed by atoms with Gasteiger partial charge in [0, 0.05) is 17.2 Å². The van der Waals surface area contributed by atoms with E-state index in [0.29, 0.717) is 16.3 Å². The Morgan fingerprint density at radius 2 is 1.90 bits per heavy atom. The fourth-order valence-electron chi connectivity index (χ4n) is 2.78. The van der Waals surface area contributed by atoms with E-state index >= 15 is 0 Å². The molecular weight excluding hydrogens is 401 g/mol. The lowest BCUT2D eigenvalue weighted by Gasteiger charge is -2.25. The molecule has 0 radical (unpaired) electrons. The summed E-state index contributed by atoms with van der Waals surface area (Å²) in [6.45, 7) is 6.16. The topological polar surface area (TPSA) is 61.2 Å². The minimum Gasteiger partial charge on any atom is -0.437 e. The molecule has 29 heavy (non-hydrogen) atoms. The molecular formula is C20H19F3N4OS. The molecule has 0 spiro atoms. The second-order valence-corrected chi connectivity index (χ2v) is 8.26. The first-order valence-electron chi connectivity index (χ1n) is 8.72. The van der Waals surface area contributed by atoms with Gasteiger partial charge in [0.1, 0.15) is 11.4 Å². The molecule has 1 unspecified atom stereocenters. The maximum Gasteiger partial charge on any atom is 0.432 e. The van der Waals surface area contributed by atoms with Crippen molar-refractivity contribution in [2.75, 3.05) is 5.32 Å². The summed E-state index contributed by atoms with van der Waals surface area (Å²) in [5.74, 6) is 0.815. The molecule has 2 heterocycles. The lowest BCUT2D eigenvalue weighted by Crippen LogP contribution is -2.35. The molecule has 9 heteroatoms. The van der Waals surface area contributed by atoms with Crippen LogP contribution in [0.4, 0.5) is 18.9 Å². The van der Waals surface area contributed by atoms with Gasteiger partial charge in [-0.1, -0.05) is 50.7 Å². The third-order valence-electron chi connectivity index (χ3n) is 4.15. The Kier molecular flexibility index (Phi) is 5.66. The maximum atomic E-state index is 13.1. The SMILES string of the molecule is CC(C)(C)c1ccccc1Oc1ncccc1NC1SC=C(C(F)(F)F)N1C#N. The Hall–Kier alpha value is -2.86. The molecule has 1 aliphatic heterocycles. The van der Waals surface area contributed by atoms with Crippen molar-refractivity contribution in [2.24, 2.45) is 0 Å². The van der Waals surface area contributed by atoms with Crippen LogP contribution in [-0.4, -0.2) is 21.6 Å². The van der Waals surface area contributed by atoms with E-state index in [1.807, 2.05) is 24.3 Å². The van der Waals surface area contributed by atoms with Crippen LogP contribution in [0, 0.1) is 11.5 Å². The van der Waals surface area contributed by atoms with Gasteiger partial charge in [-0.3, -0.25) is 0 Å². The van der Waals surface area contributed by atoms with Gasteiger partial charge in [0.25, 0.3) is 0 Å². The van der Waals surface area contributed by atoms with Gasteiger partial charge in [-0.2, -0.15) is 18.4 Å². The molecule has 1 N–H and O–H groups in total. The van der Waals surface area contributed by atoms with Crippen molar-refractivity contribution < 1.29 is 17.9 Å². The van der Waals surface area contributed by atoms with Crippen molar-refractivity contribution in [3.8, 4) is 17.8 Å². The standard InChI is InChI=1S/C20H19F3N4OS/c1-19(2,3)13-7-4-5-9-15(13)28-17-14(8-6-10-25-17)26-18-27(12-24)16(11-29-18)20(21,22)23/h4-11,18,26H,1-3H3. The summed E-state index contributed by atoms with van der Waals surface area (Å²) in [6.07, 6.45) is -1.49. The third-order valence-corrected chi connectivity index (χ3v) is 5.10. The number of hydrogen-bond donors (Lipinski definition) is 1. The van der Waals surface area contributed by atoms with Crippen LogP contribution in [0.25, 0.3) is 0 Å². The summed E-state index contributed by atoms with van der Waals surface area (Å²) in [5, 5.41) is 13.1. The van der Waals surface area contributed by atoms with Crippen LogP contribution in [-0.2, 0) is 5.41 Å². The quantitative estimate of drug-likeness (QED) is 0.631. The largest absolute Gasteiger partial charge is 0.437 e. The average molecular weight is 420 g/mol. The number of thioether (sulfide) groups is 1. The van der Waals surface area contributed by atoms with E-state index in [4.69, 9.17) is 4.74 Å². The Bertz CT molecular complexity index is 963. The number of ether oxygens (including phenoxy) is 1. The monoisotopic (exact) mass is 420 g/mol. The Labute approximate surface area is 171 Å². The number of nitrogens with zero attached hydrogens (tertiary/aromatic N) is 3. The first-order valence-corrected chi connectivity index (χ1v) is 9.66. The zero-order valence-corrected chi connectivity index (χ0v) is 16.8. The molecule has 0 bridgehead atoms. The molecule has 1 aromatic heterocycles. The number of para-hydroxylation sites is 1. The molecule has 5 nitrogen and oxygen atoms in total. The summed E-state index contributed by atoms with van der Waals surface area (Å²) >= 11 is 0.854. The van der Waals surface area contributed by atoms with Crippen molar-refractivity contribution in [1.82, 2.24) is 9.88 Å². The number of halogens is 3. The minimum absolute atomic E-state index is 0.177. The maximum absolute atomic E-state index is 13.1. The highest BCUT2D eigenvalue weighted by Gasteiger charge is 2.44. The van der Waals surface area contributed by atoms with Gasteiger partial charge in [0.2, 0.25) is 5.88 Å². The van der Waals surface area contributed by atoms with E-state index in [0.717, 1.165) is 22.7 Å². The highest BCUT2D eigenvalue weighted by atomic mass is 32.2. The molecule has 0 aliphatic carbocycles. The van der Waals surface area contributed by atoms with Crippen molar-refractivity contribution in [2.45, 2.75) is 37.9 Å². The first kappa shape index (κ1) is 20.9. The third kappa shape index (κ3) is 4.59. The summed E-state index contributed by atoms with van der Waals surface area (Å²) < 4.78 is 45.3. The van der Waals surface area contributed by atoms with E-state index in [9.17, 15) is 18.4 Å². The van der Waals surface area contributed by atoms with Crippen LogP contribution in [0.5, 0.6) is 11.6 Å². The molecule has 1 atom stereocenters. The van der Waals surface area contributed by atoms with E-state index in [1.54, 1.807) is 18.3 Å². The van der Waals surface area contributed by atoms with E-state index in [-0.39, 0.29) is 11.3 Å². The van der Waals surface area contributed by atoms with Crippen LogP contribution in [0.2, 0.25) is 0 Å². The molecule has 1 aromatic carbocycles. The fourth-order valence-corrected chi connectivity index (χ4v) is 3.76. The van der Waals surface area contributed by atoms with Crippen LogP contribution >= 0.6 is 11.8 Å². The van der Waals surface area contributed by atoms with Crippen LogP contribution in [0.15, 0.2) is 53.7 Å². The average Bonchev–Trinajstić information content (AvgIpc) is 3.06. The fraction of sp³-hybridized carbons (Fsp3) is 0.300. The van der Waals surface area contributed by atoms with Gasteiger partial charge in [-0.25, -0.2) is 9.88 Å². The zero-order chi connectivity index (χ0) is 21.2. The molecule has 1 aliphatic rings. The zero-order valence-electron chi connectivity index (χ0n) is 16.0. The molecule has 152 valence electrons. The van der Waals surface area contributed by atoms with Gasteiger partial charge in [-0.15, -0.1) is 0 Å². The number of nitrogens with one attached hydrogen (secondary N) is 1. The number of pyridine rings is 1. The first-order chi connectivity index (χ1) is 13.6. The van der Waals surface area contributed by atoms with E-state index < -0.39 is 17.4 Å². The van der Waals surface area contributed by atoms with Gasteiger partial charge >= 0.3 is 6.18 Å². The number of anilines is 1. The second kappa shape index (κ2) is 7.87. The normalized spacial score (nSPS) is 16.9. The number of alkyl halides is 3. The van der Waals surface area contributed by atoms with Crippen molar-refractivity contribution in [3.05, 3.63) is 59.3 Å². The molecule has 0 saturated heterocycles. The number of aromatic nitrogens is 1. The van der Waals surface area contributed by atoms with Crippen molar-refractivity contribution >= 4 is 17.4 Å². The summed E-state index contributed by atoms with van der Waals surface area (Å²) in [7, 11) is 0. The minimum atomic E-state index is -4.61. The predicted octanol–water partition coefficient (Wildman–Crippen LogP) is 5.80. The lowest BCUT2D eigenvalue weighted by atomic mass is 9.86. The molecule has 0 amide bonds. The molecule has 2 aromatic rings. The van der Waals surface area contributed by atoms with Gasteiger partial charge in [0.05, 0.1) is 5.69 Å². The Morgan fingerprint density at radius 1 is 1.17 bits per heavy atom. The van der Waals surface area contributed by atoms with Crippen molar-refractivity contribution in [3.63, 3.8) is 0 Å². The smallest absolute Gasteiger partial charge is 0.432 e. The van der Waals surface area contributed by atoms with Gasteiger partial charge in [-0.05, 0) is 23.6 Å².